The van der Waals surface area contributed by atoms with Crippen LogP contribution in [-0.2, 0) is 4.79 Å². The zero-order valence-corrected chi connectivity index (χ0v) is 9.95. The van der Waals surface area contributed by atoms with E-state index in [1.165, 1.54) is 14.0 Å². The van der Waals surface area contributed by atoms with Gasteiger partial charge in [0.2, 0.25) is 0 Å². The quantitative estimate of drug-likeness (QED) is 0.916. The minimum atomic E-state index is -1.02. The molecule has 1 aromatic carbocycles. The predicted octanol–water partition coefficient (Wildman–Crippen LogP) is 2.31. The smallest absolute Gasteiger partial charge is 0.344 e. The predicted molar refractivity (Wildman–Crippen MR) is 58.4 cm³/mol. The molecule has 15 heavy (non-hydrogen) atoms. The van der Waals surface area contributed by atoms with Crippen LogP contribution in [0.25, 0.3) is 0 Å². The number of hydrogen-bond acceptors (Lipinski definition) is 3. The first kappa shape index (κ1) is 11.8. The van der Waals surface area contributed by atoms with Crippen LogP contribution in [-0.4, -0.2) is 24.3 Å². The van der Waals surface area contributed by atoms with Crippen LogP contribution < -0.4 is 9.47 Å². The number of ether oxygens (including phenoxy) is 2. The number of aliphatic carboxylic acids is 1. The van der Waals surface area contributed by atoms with E-state index in [1.54, 1.807) is 18.2 Å². The number of benzene rings is 1. The molecule has 0 fully saturated rings. The minimum Gasteiger partial charge on any atom is -0.493 e. The first-order chi connectivity index (χ1) is 7.06. The maximum absolute atomic E-state index is 10.6. The monoisotopic (exact) mass is 274 g/mol. The number of para-hydroxylation sites is 1. The molecule has 1 aromatic rings. The summed E-state index contributed by atoms with van der Waals surface area (Å²) in [7, 11) is 1.50. The third-order valence-electron chi connectivity index (χ3n) is 1.79. The first-order valence-corrected chi connectivity index (χ1v) is 5.07. The third-order valence-corrected chi connectivity index (χ3v) is 2.42. The lowest BCUT2D eigenvalue weighted by Gasteiger charge is -2.14. The van der Waals surface area contributed by atoms with Gasteiger partial charge in [-0.05, 0) is 35.0 Å². The van der Waals surface area contributed by atoms with E-state index in [2.05, 4.69) is 15.9 Å². The van der Waals surface area contributed by atoms with Crippen molar-refractivity contribution in [1.29, 1.82) is 0 Å². The highest BCUT2D eigenvalue weighted by molar-refractivity contribution is 9.10. The van der Waals surface area contributed by atoms with Gasteiger partial charge in [0.1, 0.15) is 0 Å². The Hall–Kier alpha value is -1.23. The molecule has 0 radical (unpaired) electrons. The maximum atomic E-state index is 10.6. The highest BCUT2D eigenvalue weighted by Gasteiger charge is 2.17. The molecule has 5 heteroatoms. The van der Waals surface area contributed by atoms with E-state index in [4.69, 9.17) is 14.6 Å². The van der Waals surface area contributed by atoms with Crippen molar-refractivity contribution in [3.8, 4) is 11.5 Å². The molecule has 82 valence electrons. The number of hydrogen-bond donors (Lipinski definition) is 1. The van der Waals surface area contributed by atoms with Gasteiger partial charge >= 0.3 is 5.97 Å². The van der Waals surface area contributed by atoms with Crippen molar-refractivity contribution in [3.63, 3.8) is 0 Å². The van der Waals surface area contributed by atoms with Crippen molar-refractivity contribution < 1.29 is 19.4 Å². The molecule has 4 nitrogen and oxygen atoms in total. The van der Waals surface area contributed by atoms with Gasteiger partial charge in [0, 0.05) is 0 Å². The Kier molecular flexibility index (Phi) is 3.96. The molecule has 0 saturated heterocycles. The van der Waals surface area contributed by atoms with Gasteiger partial charge in [-0.25, -0.2) is 4.79 Å². The standard InChI is InChI=1S/C10H11BrO4/c1-6(10(12)13)15-9-7(11)4-3-5-8(9)14-2/h3-6H,1-2H3,(H,12,13). The largest absolute Gasteiger partial charge is 0.493 e. The van der Waals surface area contributed by atoms with Crippen LogP contribution in [0.4, 0.5) is 0 Å². The van der Waals surface area contributed by atoms with Gasteiger partial charge in [-0.1, -0.05) is 6.07 Å². The SMILES string of the molecule is COc1cccc(Br)c1OC(C)C(=O)O. The van der Waals surface area contributed by atoms with Crippen LogP contribution in [0.1, 0.15) is 6.92 Å². The van der Waals surface area contributed by atoms with Crippen molar-refractivity contribution in [2.75, 3.05) is 7.11 Å². The molecular formula is C10H11BrO4. The number of carboxylic acid groups (broad SMARTS) is 1. The molecule has 0 bridgehead atoms. The highest BCUT2D eigenvalue weighted by Crippen LogP contribution is 2.35. The van der Waals surface area contributed by atoms with Gasteiger partial charge in [0.05, 0.1) is 11.6 Å². The van der Waals surface area contributed by atoms with Crippen molar-refractivity contribution in [3.05, 3.63) is 22.7 Å². The Morgan fingerprint density at radius 3 is 2.73 bits per heavy atom. The molecular weight excluding hydrogens is 264 g/mol. The van der Waals surface area contributed by atoms with Crippen LogP contribution in [0.5, 0.6) is 11.5 Å². The molecule has 1 unspecified atom stereocenters. The molecule has 0 aliphatic rings. The summed E-state index contributed by atoms with van der Waals surface area (Å²) >= 11 is 3.27. The zero-order chi connectivity index (χ0) is 11.4. The van der Waals surface area contributed by atoms with E-state index in [-0.39, 0.29) is 0 Å². The molecule has 0 aromatic heterocycles. The topological polar surface area (TPSA) is 55.8 Å². The van der Waals surface area contributed by atoms with Crippen molar-refractivity contribution in [1.82, 2.24) is 0 Å². The van der Waals surface area contributed by atoms with Gasteiger partial charge in [0.15, 0.2) is 17.6 Å². The Bertz CT molecular complexity index is 364. The van der Waals surface area contributed by atoms with Crippen molar-refractivity contribution >= 4 is 21.9 Å². The summed E-state index contributed by atoms with van der Waals surface area (Å²) in [6.45, 7) is 1.46. The summed E-state index contributed by atoms with van der Waals surface area (Å²) in [5.74, 6) is -0.125. The summed E-state index contributed by atoms with van der Waals surface area (Å²) in [5.41, 5.74) is 0. The number of rotatable bonds is 4. The second kappa shape index (κ2) is 5.02. The zero-order valence-electron chi connectivity index (χ0n) is 8.36. The van der Waals surface area contributed by atoms with E-state index < -0.39 is 12.1 Å². The average molecular weight is 275 g/mol. The fourth-order valence-electron chi connectivity index (χ4n) is 0.991. The molecule has 1 atom stereocenters. The van der Waals surface area contributed by atoms with Crippen LogP contribution in [0.15, 0.2) is 22.7 Å². The van der Waals surface area contributed by atoms with Gasteiger partial charge in [-0.2, -0.15) is 0 Å². The lowest BCUT2D eigenvalue weighted by Crippen LogP contribution is -2.23. The lowest BCUT2D eigenvalue weighted by molar-refractivity contribution is -0.144. The Balaban J connectivity index is 2.97. The molecule has 0 aliphatic heterocycles. The third kappa shape index (κ3) is 2.86. The lowest BCUT2D eigenvalue weighted by atomic mass is 10.3. The van der Waals surface area contributed by atoms with E-state index in [1.807, 2.05) is 0 Å². The Labute approximate surface area is 95.9 Å². The Morgan fingerprint density at radius 1 is 1.53 bits per heavy atom. The van der Waals surface area contributed by atoms with Crippen LogP contribution in [0.2, 0.25) is 0 Å². The fourth-order valence-corrected chi connectivity index (χ4v) is 1.43. The molecule has 1 N–H and O–H groups in total. The Morgan fingerprint density at radius 2 is 2.20 bits per heavy atom. The highest BCUT2D eigenvalue weighted by atomic mass is 79.9. The van der Waals surface area contributed by atoms with Crippen molar-refractivity contribution in [2.24, 2.45) is 0 Å². The molecule has 0 saturated carbocycles. The number of carbonyl (C=O) groups is 1. The fraction of sp³-hybridized carbons (Fsp3) is 0.300. The van der Waals surface area contributed by atoms with E-state index >= 15 is 0 Å². The number of carboxylic acids is 1. The normalized spacial score (nSPS) is 11.9. The summed E-state index contributed by atoms with van der Waals surface area (Å²) in [5, 5.41) is 8.72. The first-order valence-electron chi connectivity index (χ1n) is 4.28. The van der Waals surface area contributed by atoms with Crippen LogP contribution in [0, 0.1) is 0 Å². The summed E-state index contributed by atoms with van der Waals surface area (Å²) < 4.78 is 11.0. The number of halogens is 1. The molecule has 0 heterocycles. The van der Waals surface area contributed by atoms with E-state index in [0.717, 1.165) is 0 Å². The van der Waals surface area contributed by atoms with Gasteiger partial charge < -0.3 is 14.6 Å². The summed E-state index contributed by atoms with van der Waals surface area (Å²) in [6, 6.07) is 5.24. The second-order valence-corrected chi connectivity index (χ2v) is 3.72. The van der Waals surface area contributed by atoms with E-state index in [0.29, 0.717) is 16.0 Å². The van der Waals surface area contributed by atoms with Gasteiger partial charge in [-0.15, -0.1) is 0 Å². The van der Waals surface area contributed by atoms with Gasteiger partial charge in [0.25, 0.3) is 0 Å². The molecule has 1 rings (SSSR count). The summed E-state index contributed by atoms with van der Waals surface area (Å²) in [4.78, 5) is 10.6. The molecule has 0 amide bonds. The maximum Gasteiger partial charge on any atom is 0.344 e. The van der Waals surface area contributed by atoms with E-state index in [9.17, 15) is 4.79 Å². The second-order valence-electron chi connectivity index (χ2n) is 2.87. The van der Waals surface area contributed by atoms with Crippen LogP contribution in [0.3, 0.4) is 0 Å². The minimum absolute atomic E-state index is 0.398. The van der Waals surface area contributed by atoms with Gasteiger partial charge in [-0.3, -0.25) is 0 Å². The summed E-state index contributed by atoms with van der Waals surface area (Å²) in [6.07, 6.45) is -0.919. The van der Waals surface area contributed by atoms with Crippen LogP contribution >= 0.6 is 15.9 Å². The number of methoxy groups -OCH3 is 1. The molecule has 0 aliphatic carbocycles. The average Bonchev–Trinajstić information content (AvgIpc) is 2.20. The van der Waals surface area contributed by atoms with Crippen molar-refractivity contribution in [2.45, 2.75) is 13.0 Å². The molecule has 0 spiro atoms.